The van der Waals surface area contributed by atoms with Gasteiger partial charge in [0.2, 0.25) is 5.91 Å². The molecule has 2 aliphatic heterocycles. The predicted octanol–water partition coefficient (Wildman–Crippen LogP) is 1.51. The smallest absolute Gasteiger partial charge is 0.240 e. The van der Waals surface area contributed by atoms with Gasteiger partial charge in [-0.05, 0) is 37.5 Å². The van der Waals surface area contributed by atoms with Gasteiger partial charge < -0.3 is 15.5 Å². The lowest BCUT2D eigenvalue weighted by Crippen LogP contribution is -2.45. The Morgan fingerprint density at radius 1 is 1.23 bits per heavy atom. The molecule has 0 saturated carbocycles. The van der Waals surface area contributed by atoms with Crippen molar-refractivity contribution in [2.45, 2.75) is 37.4 Å². The maximum atomic E-state index is 12.6. The lowest BCUT2D eigenvalue weighted by atomic mass is 10.1. The molecule has 8 heteroatoms. The van der Waals surface area contributed by atoms with Crippen LogP contribution in [0.1, 0.15) is 30.4 Å². The number of carbonyl (C=O) groups is 1. The fourth-order valence-electron chi connectivity index (χ4n) is 3.46. The summed E-state index contributed by atoms with van der Waals surface area (Å²) >= 11 is 0. The third kappa shape index (κ3) is 3.89. The number of halogens is 1. The molecule has 3 atom stereocenters. The van der Waals surface area contributed by atoms with Crippen LogP contribution in [0, 0.1) is 34.0 Å². The molecule has 0 bridgehead atoms. The van der Waals surface area contributed by atoms with Crippen molar-refractivity contribution in [1.82, 2.24) is 10.2 Å². The highest BCUT2D eigenvalue weighted by Crippen LogP contribution is 2.22. The van der Waals surface area contributed by atoms with Crippen molar-refractivity contribution in [2.24, 2.45) is 0 Å². The Balaban J connectivity index is 0.00000243. The third-order valence-corrected chi connectivity index (χ3v) is 4.75. The molecular formula is C18H19ClN6O. The van der Waals surface area contributed by atoms with Crippen molar-refractivity contribution in [3.63, 3.8) is 0 Å². The van der Waals surface area contributed by atoms with Gasteiger partial charge in [0.25, 0.3) is 0 Å². The van der Waals surface area contributed by atoms with Crippen molar-refractivity contribution < 1.29 is 4.79 Å². The number of carbonyl (C=O) groups excluding carboxylic acids is 1. The van der Waals surface area contributed by atoms with Crippen LogP contribution in [0.5, 0.6) is 0 Å². The standard InChI is InChI=1S/C18H18N6O.ClH/c19-8-12-3-4-14(6-13(12)9-20)23-15-7-17(22-11-15)18(25)24-5-1-2-16(24)10-21;/h3-4,6,15-17,22-23H,1-2,5,7,11H2;1H/t15-,16-,17-;/m0./s1. The van der Waals surface area contributed by atoms with Crippen LogP contribution in [-0.4, -0.2) is 42.0 Å². The van der Waals surface area contributed by atoms with Gasteiger partial charge in [-0.2, -0.15) is 15.8 Å². The van der Waals surface area contributed by atoms with Crippen LogP contribution in [0.3, 0.4) is 0 Å². The van der Waals surface area contributed by atoms with Gasteiger partial charge in [0.1, 0.15) is 18.2 Å². The van der Waals surface area contributed by atoms with E-state index in [0.717, 1.165) is 18.5 Å². The molecule has 1 amide bonds. The Morgan fingerprint density at radius 2 is 2.00 bits per heavy atom. The van der Waals surface area contributed by atoms with Gasteiger partial charge in [-0.3, -0.25) is 4.79 Å². The summed E-state index contributed by atoms with van der Waals surface area (Å²) in [5.74, 6) is -0.00843. The number of amides is 1. The molecule has 7 nitrogen and oxygen atoms in total. The first kappa shape index (κ1) is 19.5. The summed E-state index contributed by atoms with van der Waals surface area (Å²) in [6.45, 7) is 1.28. The zero-order valence-corrected chi connectivity index (χ0v) is 14.9. The summed E-state index contributed by atoms with van der Waals surface area (Å²) in [5, 5.41) is 33.7. The predicted molar refractivity (Wildman–Crippen MR) is 97.3 cm³/mol. The van der Waals surface area contributed by atoms with Gasteiger partial charge in [0.15, 0.2) is 0 Å². The van der Waals surface area contributed by atoms with Gasteiger partial charge in [0.05, 0.1) is 23.2 Å². The highest BCUT2D eigenvalue weighted by atomic mass is 35.5. The molecule has 3 rings (SSSR count). The van der Waals surface area contributed by atoms with E-state index in [9.17, 15) is 4.79 Å². The van der Waals surface area contributed by atoms with E-state index in [2.05, 4.69) is 16.7 Å². The Bertz CT molecular complexity index is 805. The summed E-state index contributed by atoms with van der Waals surface area (Å²) in [6, 6.07) is 10.7. The summed E-state index contributed by atoms with van der Waals surface area (Å²) < 4.78 is 0. The van der Waals surface area contributed by atoms with Crippen LogP contribution in [-0.2, 0) is 4.79 Å². The summed E-state index contributed by atoms with van der Waals surface area (Å²) in [7, 11) is 0. The van der Waals surface area contributed by atoms with Gasteiger partial charge in [-0.1, -0.05) is 0 Å². The minimum absolute atomic E-state index is 0. The molecule has 2 aliphatic rings. The molecule has 2 fully saturated rings. The number of benzene rings is 1. The molecule has 0 aromatic heterocycles. The average molecular weight is 371 g/mol. The number of nitrogens with one attached hydrogen (secondary N) is 2. The second-order valence-electron chi connectivity index (χ2n) is 6.34. The van der Waals surface area contributed by atoms with Crippen LogP contribution in [0.15, 0.2) is 18.2 Å². The first-order valence-corrected chi connectivity index (χ1v) is 8.30. The van der Waals surface area contributed by atoms with E-state index in [1.54, 1.807) is 23.1 Å². The maximum Gasteiger partial charge on any atom is 0.240 e. The summed E-state index contributed by atoms with van der Waals surface area (Å²) in [5.41, 5.74) is 1.44. The van der Waals surface area contributed by atoms with E-state index in [1.165, 1.54) is 0 Å². The molecule has 0 radical (unpaired) electrons. The summed E-state index contributed by atoms with van der Waals surface area (Å²) in [6.07, 6.45) is 2.24. The van der Waals surface area contributed by atoms with Crippen molar-refractivity contribution >= 4 is 24.0 Å². The largest absolute Gasteiger partial charge is 0.381 e. The molecule has 2 heterocycles. The lowest BCUT2D eigenvalue weighted by Gasteiger charge is -2.23. The second-order valence-corrected chi connectivity index (χ2v) is 6.34. The maximum absolute atomic E-state index is 12.6. The van der Waals surface area contributed by atoms with E-state index in [-0.39, 0.29) is 36.4 Å². The van der Waals surface area contributed by atoms with Gasteiger partial charge in [0, 0.05) is 24.8 Å². The Labute approximate surface area is 158 Å². The minimum atomic E-state index is -0.307. The molecule has 0 aliphatic carbocycles. The number of rotatable bonds is 3. The third-order valence-electron chi connectivity index (χ3n) is 4.75. The van der Waals surface area contributed by atoms with E-state index < -0.39 is 0 Å². The van der Waals surface area contributed by atoms with Gasteiger partial charge in [-0.25, -0.2) is 0 Å². The fraction of sp³-hybridized carbons (Fsp3) is 0.444. The lowest BCUT2D eigenvalue weighted by molar-refractivity contribution is -0.133. The Hall–Kier alpha value is -2.79. The van der Waals surface area contributed by atoms with E-state index >= 15 is 0 Å². The highest BCUT2D eigenvalue weighted by Gasteiger charge is 2.37. The van der Waals surface area contributed by atoms with Crippen molar-refractivity contribution in [3.05, 3.63) is 29.3 Å². The first-order chi connectivity index (χ1) is 12.2. The molecule has 134 valence electrons. The number of anilines is 1. The van der Waals surface area contributed by atoms with E-state index in [1.807, 2.05) is 12.1 Å². The molecule has 1 aromatic carbocycles. The minimum Gasteiger partial charge on any atom is -0.381 e. The van der Waals surface area contributed by atoms with Crippen molar-refractivity contribution in [2.75, 3.05) is 18.4 Å². The Morgan fingerprint density at radius 3 is 2.69 bits per heavy atom. The van der Waals surface area contributed by atoms with E-state index in [0.29, 0.717) is 30.6 Å². The number of hydrogen-bond donors (Lipinski definition) is 2. The summed E-state index contributed by atoms with van der Waals surface area (Å²) in [4.78, 5) is 14.3. The molecule has 0 spiro atoms. The molecule has 2 saturated heterocycles. The topological polar surface area (TPSA) is 116 Å². The van der Waals surface area contributed by atoms with Gasteiger partial charge in [-0.15, -0.1) is 12.4 Å². The molecule has 0 unspecified atom stereocenters. The zero-order valence-electron chi connectivity index (χ0n) is 14.1. The number of hydrogen-bond acceptors (Lipinski definition) is 6. The number of nitriles is 3. The highest BCUT2D eigenvalue weighted by molar-refractivity contribution is 5.85. The van der Waals surface area contributed by atoms with Crippen molar-refractivity contribution in [3.8, 4) is 18.2 Å². The second kappa shape index (κ2) is 8.54. The average Bonchev–Trinajstić information content (AvgIpc) is 3.30. The zero-order chi connectivity index (χ0) is 17.8. The molecule has 1 aromatic rings. The number of likely N-dealkylation sites (tertiary alicyclic amines) is 1. The van der Waals surface area contributed by atoms with Crippen LogP contribution in [0.4, 0.5) is 5.69 Å². The quantitative estimate of drug-likeness (QED) is 0.833. The number of nitrogens with zero attached hydrogens (tertiary/aromatic N) is 4. The normalized spacial score (nSPS) is 24.0. The van der Waals surface area contributed by atoms with Crippen LogP contribution in [0.25, 0.3) is 0 Å². The molecular weight excluding hydrogens is 352 g/mol. The van der Waals surface area contributed by atoms with Crippen molar-refractivity contribution in [1.29, 1.82) is 15.8 Å². The molecule has 2 N–H and O–H groups in total. The monoisotopic (exact) mass is 370 g/mol. The van der Waals surface area contributed by atoms with Crippen LogP contribution < -0.4 is 10.6 Å². The molecule has 26 heavy (non-hydrogen) atoms. The van der Waals surface area contributed by atoms with Gasteiger partial charge >= 0.3 is 0 Å². The van der Waals surface area contributed by atoms with E-state index in [4.69, 9.17) is 15.8 Å². The fourth-order valence-corrected chi connectivity index (χ4v) is 3.46. The van der Waals surface area contributed by atoms with Crippen LogP contribution >= 0.6 is 12.4 Å². The first-order valence-electron chi connectivity index (χ1n) is 8.30. The SMILES string of the molecule is Cl.N#Cc1ccc(N[C@@H]2CN[C@H](C(=O)N3CCC[C@H]3C#N)C2)cc1C#N. The Kier molecular flexibility index (Phi) is 6.41. The van der Waals surface area contributed by atoms with Crippen LogP contribution in [0.2, 0.25) is 0 Å².